The summed E-state index contributed by atoms with van der Waals surface area (Å²) >= 11 is 6.49. The van der Waals surface area contributed by atoms with Gasteiger partial charge >= 0.3 is 6.09 Å². The maximum atomic E-state index is 14.7. The molecule has 3 fully saturated rings. The molecule has 3 aromatic rings. The molecule has 9 nitrogen and oxygen atoms in total. The Morgan fingerprint density at radius 1 is 1.02 bits per heavy atom. The van der Waals surface area contributed by atoms with E-state index in [9.17, 15) is 9.59 Å². The molecule has 0 bridgehead atoms. The quantitative estimate of drug-likeness (QED) is 0.307. The Kier molecular flexibility index (Phi) is 9.31. The van der Waals surface area contributed by atoms with Crippen molar-refractivity contribution in [3.8, 4) is 0 Å². The van der Waals surface area contributed by atoms with Crippen LogP contribution in [-0.2, 0) is 28.9 Å². The molecular formula is C36H45ClN6O3. The van der Waals surface area contributed by atoms with Crippen molar-refractivity contribution in [2.24, 2.45) is 5.92 Å². The number of halogens is 1. The van der Waals surface area contributed by atoms with Crippen LogP contribution >= 0.6 is 11.6 Å². The van der Waals surface area contributed by atoms with Gasteiger partial charge in [-0.3, -0.25) is 19.6 Å². The number of imidazole rings is 1. The maximum absolute atomic E-state index is 14.7. The molecule has 4 aliphatic rings. The van der Waals surface area contributed by atoms with Crippen LogP contribution < -0.4 is 0 Å². The van der Waals surface area contributed by atoms with E-state index in [4.69, 9.17) is 21.3 Å². The van der Waals surface area contributed by atoms with Gasteiger partial charge in [0.15, 0.2) is 0 Å². The number of nitrogens with zero attached hydrogens (tertiary/aromatic N) is 6. The highest BCUT2D eigenvalue weighted by molar-refractivity contribution is 6.30. The molecule has 2 saturated carbocycles. The topological polar surface area (TPSA) is 83.8 Å². The van der Waals surface area contributed by atoms with E-state index in [-0.39, 0.29) is 24.1 Å². The molecule has 3 heterocycles. The predicted molar refractivity (Wildman–Crippen MR) is 177 cm³/mol. The van der Waals surface area contributed by atoms with Gasteiger partial charge in [-0.05, 0) is 99.1 Å². The minimum atomic E-state index is -0.653. The van der Waals surface area contributed by atoms with E-state index in [2.05, 4.69) is 28.1 Å². The highest BCUT2D eigenvalue weighted by atomic mass is 35.5. The Labute approximate surface area is 276 Å². The standard InChI is InChI=1S/C36H45ClN6O3/c1-25-21-40(24-39-25)16-17-42(22-26-9-10-26)35(44)32-23-41(18-19-43(32)36(45)46-30-7-3-2-4-8-30)34-31-14-13-29(37)20-28(31)12-11-27-6-5-15-38-33(27)34/h5-6,13-15,20-21,24,26,30,32,34H,2-4,7-12,16-19,22-23H2,1H3/t32-,34+/m1/s1. The average molecular weight is 645 g/mol. The number of fused-ring (bicyclic) bond motifs is 2. The average Bonchev–Trinajstić information content (AvgIpc) is 3.83. The van der Waals surface area contributed by atoms with Crippen LogP contribution in [0.3, 0.4) is 0 Å². The van der Waals surface area contributed by atoms with Crippen molar-refractivity contribution >= 4 is 23.6 Å². The fourth-order valence-electron chi connectivity index (χ4n) is 7.56. The van der Waals surface area contributed by atoms with E-state index < -0.39 is 6.04 Å². The van der Waals surface area contributed by atoms with Crippen LogP contribution in [0.1, 0.15) is 79.1 Å². The zero-order valence-electron chi connectivity index (χ0n) is 26.8. The van der Waals surface area contributed by atoms with Crippen LogP contribution in [0.4, 0.5) is 4.79 Å². The highest BCUT2D eigenvalue weighted by Crippen LogP contribution is 2.38. The number of hydrogen-bond donors (Lipinski definition) is 0. The lowest BCUT2D eigenvalue weighted by molar-refractivity contribution is -0.140. The van der Waals surface area contributed by atoms with Crippen molar-refractivity contribution in [2.45, 2.75) is 89.4 Å². The van der Waals surface area contributed by atoms with E-state index in [0.717, 1.165) is 67.8 Å². The normalized spacial score (nSPS) is 22.1. The Balaban J connectivity index is 1.20. The van der Waals surface area contributed by atoms with Crippen LogP contribution in [0.2, 0.25) is 5.02 Å². The van der Waals surface area contributed by atoms with Gasteiger partial charge in [-0.25, -0.2) is 9.78 Å². The molecule has 244 valence electrons. The molecule has 1 saturated heterocycles. The first kappa shape index (κ1) is 31.2. The Bertz CT molecular complexity index is 1550. The number of benzene rings is 1. The third-order valence-corrected chi connectivity index (χ3v) is 10.5. The van der Waals surface area contributed by atoms with Gasteiger partial charge in [0.1, 0.15) is 12.1 Å². The van der Waals surface area contributed by atoms with Crippen molar-refractivity contribution in [2.75, 3.05) is 32.7 Å². The third kappa shape index (κ3) is 6.95. The van der Waals surface area contributed by atoms with Crippen LogP contribution in [0.25, 0.3) is 0 Å². The molecule has 2 amide bonds. The molecule has 3 aliphatic carbocycles. The summed E-state index contributed by atoms with van der Waals surface area (Å²) in [5.74, 6) is 0.519. The summed E-state index contributed by atoms with van der Waals surface area (Å²) in [6, 6.07) is 9.53. The van der Waals surface area contributed by atoms with Crippen LogP contribution in [-0.4, -0.2) is 86.1 Å². The van der Waals surface area contributed by atoms with Gasteiger partial charge in [-0.15, -0.1) is 0 Å². The lowest BCUT2D eigenvalue weighted by Crippen LogP contribution is -2.62. The number of pyridine rings is 1. The van der Waals surface area contributed by atoms with Crippen molar-refractivity contribution in [3.05, 3.63) is 82.2 Å². The summed E-state index contributed by atoms with van der Waals surface area (Å²) in [5.41, 5.74) is 5.59. The van der Waals surface area contributed by atoms with E-state index in [1.54, 1.807) is 4.90 Å². The molecule has 0 spiro atoms. The molecule has 0 N–H and O–H groups in total. The second-order valence-electron chi connectivity index (χ2n) is 13.6. The fraction of sp³-hybridized carbons (Fsp3) is 0.556. The monoisotopic (exact) mass is 644 g/mol. The van der Waals surface area contributed by atoms with Crippen LogP contribution in [0.15, 0.2) is 49.1 Å². The number of aromatic nitrogens is 3. The van der Waals surface area contributed by atoms with E-state index in [1.807, 2.05) is 47.2 Å². The van der Waals surface area contributed by atoms with Crippen molar-refractivity contribution in [1.29, 1.82) is 0 Å². The summed E-state index contributed by atoms with van der Waals surface area (Å²) in [5, 5.41) is 0.726. The van der Waals surface area contributed by atoms with Crippen LogP contribution in [0.5, 0.6) is 0 Å². The second kappa shape index (κ2) is 13.7. The Morgan fingerprint density at radius 2 is 1.85 bits per heavy atom. The molecule has 0 radical (unpaired) electrons. The summed E-state index contributed by atoms with van der Waals surface area (Å²) in [6.07, 6.45) is 14.4. The Morgan fingerprint density at radius 3 is 2.63 bits per heavy atom. The predicted octanol–water partition coefficient (Wildman–Crippen LogP) is 5.82. The first-order valence-corrected chi connectivity index (χ1v) is 17.5. The number of carbonyl (C=O) groups is 2. The van der Waals surface area contributed by atoms with Crippen molar-refractivity contribution in [3.63, 3.8) is 0 Å². The molecule has 7 rings (SSSR count). The Hall–Kier alpha value is -3.43. The summed E-state index contributed by atoms with van der Waals surface area (Å²) < 4.78 is 8.14. The number of ether oxygens (including phenoxy) is 1. The van der Waals surface area contributed by atoms with Gasteiger partial charge in [0.2, 0.25) is 5.91 Å². The lowest BCUT2D eigenvalue weighted by atomic mass is 9.95. The molecular weight excluding hydrogens is 600 g/mol. The van der Waals surface area contributed by atoms with Gasteiger partial charge in [-0.1, -0.05) is 30.2 Å². The third-order valence-electron chi connectivity index (χ3n) is 10.2. The van der Waals surface area contributed by atoms with Crippen LogP contribution in [0, 0.1) is 12.8 Å². The van der Waals surface area contributed by atoms with Gasteiger partial charge in [0.05, 0.1) is 23.8 Å². The molecule has 2 atom stereocenters. The van der Waals surface area contributed by atoms with E-state index in [0.29, 0.717) is 45.2 Å². The first-order valence-electron chi connectivity index (χ1n) is 17.1. The fourth-order valence-corrected chi connectivity index (χ4v) is 7.75. The number of piperazine rings is 1. The molecule has 10 heteroatoms. The molecule has 0 unspecified atom stereocenters. The van der Waals surface area contributed by atoms with E-state index >= 15 is 0 Å². The highest BCUT2D eigenvalue weighted by Gasteiger charge is 2.43. The maximum Gasteiger partial charge on any atom is 0.410 e. The zero-order valence-corrected chi connectivity index (χ0v) is 27.6. The molecule has 2 aromatic heterocycles. The number of amides is 2. The van der Waals surface area contributed by atoms with Gasteiger partial charge in [0, 0.05) is 56.7 Å². The largest absolute Gasteiger partial charge is 0.446 e. The van der Waals surface area contributed by atoms with Crippen molar-refractivity contribution < 1.29 is 14.3 Å². The number of rotatable bonds is 8. The summed E-state index contributed by atoms with van der Waals surface area (Å²) in [6.45, 7) is 5.36. The van der Waals surface area contributed by atoms with Gasteiger partial charge < -0.3 is 14.2 Å². The minimum absolute atomic E-state index is 0.000210. The number of hydrogen-bond acceptors (Lipinski definition) is 6. The first-order chi connectivity index (χ1) is 22.4. The number of carbonyl (C=O) groups excluding carboxylic acids is 2. The van der Waals surface area contributed by atoms with Gasteiger partial charge in [0.25, 0.3) is 0 Å². The molecule has 46 heavy (non-hydrogen) atoms. The van der Waals surface area contributed by atoms with Gasteiger partial charge in [-0.2, -0.15) is 0 Å². The minimum Gasteiger partial charge on any atom is -0.446 e. The smallest absolute Gasteiger partial charge is 0.410 e. The zero-order chi connectivity index (χ0) is 31.6. The molecule has 1 aliphatic heterocycles. The van der Waals surface area contributed by atoms with Crippen molar-refractivity contribution in [1.82, 2.24) is 29.2 Å². The summed E-state index contributed by atoms with van der Waals surface area (Å²) in [4.78, 5) is 44.0. The number of aryl methyl sites for hydroxylation is 3. The second-order valence-corrected chi connectivity index (χ2v) is 14.1. The lowest BCUT2D eigenvalue weighted by Gasteiger charge is -2.45. The SMILES string of the molecule is Cc1cn(CCN(CC2CC2)C(=O)[C@H]2CN([C@H]3c4ccc(Cl)cc4CCc4cccnc43)CCN2C(=O)OC2CCCCC2)cn1. The van der Waals surface area contributed by atoms with E-state index in [1.165, 1.54) is 23.1 Å². The molecule has 1 aromatic carbocycles. The summed E-state index contributed by atoms with van der Waals surface area (Å²) in [7, 11) is 0.